The van der Waals surface area contributed by atoms with Crippen LogP contribution in [0.25, 0.3) is 0 Å². The molecule has 1 unspecified atom stereocenters. The number of rotatable bonds is 2. The highest BCUT2D eigenvalue weighted by Crippen LogP contribution is 2.12. The van der Waals surface area contributed by atoms with Crippen LogP contribution >= 0.6 is 22.9 Å². The number of nitrogens with zero attached hydrogens (tertiary/aromatic N) is 2. The number of anilines is 1. The van der Waals surface area contributed by atoms with Gasteiger partial charge in [-0.1, -0.05) is 11.3 Å². The van der Waals surface area contributed by atoms with Gasteiger partial charge in [-0.25, -0.2) is 4.79 Å². The molecule has 0 bridgehead atoms. The van der Waals surface area contributed by atoms with Crippen molar-refractivity contribution in [2.45, 2.75) is 19.2 Å². The fourth-order valence-corrected chi connectivity index (χ4v) is 1.33. The Morgan fingerprint density at radius 3 is 2.60 bits per heavy atom. The van der Waals surface area contributed by atoms with E-state index in [-0.39, 0.29) is 0 Å². The van der Waals surface area contributed by atoms with E-state index in [0.717, 1.165) is 5.01 Å². The van der Waals surface area contributed by atoms with Crippen molar-refractivity contribution in [2.24, 2.45) is 0 Å². The van der Waals surface area contributed by atoms with Crippen molar-refractivity contribution in [1.82, 2.24) is 15.5 Å². The molecule has 0 radical (unpaired) electrons. The van der Waals surface area contributed by atoms with Gasteiger partial charge in [0, 0.05) is 0 Å². The van der Waals surface area contributed by atoms with Crippen molar-refractivity contribution in [2.75, 3.05) is 5.32 Å². The zero-order chi connectivity index (χ0) is 11.4. The van der Waals surface area contributed by atoms with Crippen LogP contribution in [0.4, 0.5) is 9.93 Å². The SMILES string of the molecule is Cc1nnc(NC(=O)NC(=O)C(C)Cl)s1. The van der Waals surface area contributed by atoms with Crippen LogP contribution in [0.1, 0.15) is 11.9 Å². The zero-order valence-corrected chi connectivity index (χ0v) is 9.65. The van der Waals surface area contributed by atoms with Crippen molar-refractivity contribution in [3.8, 4) is 0 Å². The molecule has 0 aliphatic rings. The maximum absolute atomic E-state index is 11.2. The van der Waals surface area contributed by atoms with Gasteiger partial charge in [-0.05, 0) is 13.8 Å². The molecular weight excluding hydrogens is 240 g/mol. The molecule has 0 saturated carbocycles. The van der Waals surface area contributed by atoms with E-state index < -0.39 is 17.3 Å². The number of carbonyl (C=O) groups excluding carboxylic acids is 2. The molecule has 0 spiro atoms. The van der Waals surface area contributed by atoms with E-state index in [0.29, 0.717) is 5.13 Å². The van der Waals surface area contributed by atoms with Crippen LogP contribution in [-0.2, 0) is 4.79 Å². The first-order valence-electron chi connectivity index (χ1n) is 4.05. The monoisotopic (exact) mass is 248 g/mol. The number of urea groups is 1. The molecule has 3 amide bonds. The lowest BCUT2D eigenvalue weighted by molar-refractivity contribution is -0.119. The van der Waals surface area contributed by atoms with Crippen molar-refractivity contribution in [3.05, 3.63) is 5.01 Å². The van der Waals surface area contributed by atoms with E-state index in [1.54, 1.807) is 6.92 Å². The third-order valence-electron chi connectivity index (χ3n) is 1.34. The Morgan fingerprint density at radius 2 is 2.13 bits per heavy atom. The predicted octanol–water partition coefficient (Wildman–Crippen LogP) is 1.12. The highest BCUT2D eigenvalue weighted by molar-refractivity contribution is 7.15. The summed E-state index contributed by atoms with van der Waals surface area (Å²) >= 11 is 6.68. The average Bonchev–Trinajstić information content (AvgIpc) is 2.50. The van der Waals surface area contributed by atoms with Gasteiger partial charge in [0.25, 0.3) is 0 Å². The molecule has 1 aromatic heterocycles. The second kappa shape index (κ2) is 5.04. The molecule has 0 aromatic carbocycles. The van der Waals surface area contributed by atoms with E-state index in [1.165, 1.54) is 18.3 Å². The molecule has 2 N–H and O–H groups in total. The summed E-state index contributed by atoms with van der Waals surface area (Å²) in [6, 6.07) is -0.663. The first-order chi connectivity index (χ1) is 6.99. The van der Waals surface area contributed by atoms with Gasteiger partial charge >= 0.3 is 6.03 Å². The molecule has 0 saturated heterocycles. The number of halogens is 1. The molecule has 15 heavy (non-hydrogen) atoms. The van der Waals surface area contributed by atoms with Crippen LogP contribution in [0.15, 0.2) is 0 Å². The third-order valence-corrected chi connectivity index (χ3v) is 2.30. The lowest BCUT2D eigenvalue weighted by Gasteiger charge is -2.04. The molecular formula is C7H9ClN4O2S. The summed E-state index contributed by atoms with van der Waals surface area (Å²) in [5.74, 6) is -0.560. The van der Waals surface area contributed by atoms with Crippen molar-refractivity contribution < 1.29 is 9.59 Å². The second-order valence-electron chi connectivity index (χ2n) is 2.69. The average molecular weight is 249 g/mol. The number of imide groups is 1. The molecule has 0 aliphatic carbocycles. The van der Waals surface area contributed by atoms with Gasteiger partial charge in [0.05, 0.1) is 0 Å². The predicted molar refractivity (Wildman–Crippen MR) is 57.1 cm³/mol. The molecule has 82 valence electrons. The summed E-state index contributed by atoms with van der Waals surface area (Å²) in [5, 5.41) is 12.1. The number of amides is 3. The quantitative estimate of drug-likeness (QED) is 0.769. The van der Waals surface area contributed by atoms with E-state index >= 15 is 0 Å². The van der Waals surface area contributed by atoms with Gasteiger partial charge in [-0.2, -0.15) is 0 Å². The molecule has 8 heteroatoms. The van der Waals surface area contributed by atoms with Gasteiger partial charge in [0.2, 0.25) is 11.0 Å². The summed E-state index contributed by atoms with van der Waals surface area (Å²) in [7, 11) is 0. The summed E-state index contributed by atoms with van der Waals surface area (Å²) in [5.41, 5.74) is 0. The Morgan fingerprint density at radius 1 is 1.47 bits per heavy atom. The van der Waals surface area contributed by atoms with Gasteiger partial charge < -0.3 is 0 Å². The first kappa shape index (κ1) is 11.9. The van der Waals surface area contributed by atoms with Crippen LogP contribution in [0.5, 0.6) is 0 Å². The Bertz CT molecular complexity index is 379. The first-order valence-corrected chi connectivity index (χ1v) is 5.30. The third kappa shape index (κ3) is 3.80. The van der Waals surface area contributed by atoms with E-state index in [9.17, 15) is 9.59 Å². The van der Waals surface area contributed by atoms with Gasteiger partial charge in [-0.15, -0.1) is 21.8 Å². The second-order valence-corrected chi connectivity index (χ2v) is 4.52. The van der Waals surface area contributed by atoms with Gasteiger partial charge in [0.1, 0.15) is 10.4 Å². The van der Waals surface area contributed by atoms with Crippen LogP contribution in [0.2, 0.25) is 0 Å². The van der Waals surface area contributed by atoms with E-state index in [2.05, 4.69) is 20.8 Å². The van der Waals surface area contributed by atoms with Crippen LogP contribution < -0.4 is 10.6 Å². The number of nitrogens with one attached hydrogen (secondary N) is 2. The molecule has 6 nitrogen and oxygen atoms in total. The highest BCUT2D eigenvalue weighted by Gasteiger charge is 2.13. The summed E-state index contributed by atoms with van der Waals surface area (Å²) in [4.78, 5) is 22.2. The maximum Gasteiger partial charge on any atom is 0.327 e. The zero-order valence-electron chi connectivity index (χ0n) is 8.07. The van der Waals surface area contributed by atoms with Gasteiger partial charge in [0.15, 0.2) is 0 Å². The standard InChI is InChI=1S/C7H9ClN4O2S/c1-3(8)5(13)9-6(14)10-7-12-11-4(2)15-7/h3H,1-2H3,(H2,9,10,12,13,14). The lowest BCUT2D eigenvalue weighted by Crippen LogP contribution is -2.38. The lowest BCUT2D eigenvalue weighted by atomic mass is 10.4. The molecule has 1 atom stereocenters. The van der Waals surface area contributed by atoms with Crippen LogP contribution in [0.3, 0.4) is 0 Å². The maximum atomic E-state index is 11.2. The van der Waals surface area contributed by atoms with Crippen LogP contribution in [-0.4, -0.2) is 27.5 Å². The van der Waals surface area contributed by atoms with E-state index in [4.69, 9.17) is 11.6 Å². The summed E-state index contributed by atoms with van der Waals surface area (Å²) < 4.78 is 0. The van der Waals surface area contributed by atoms with E-state index in [1.807, 2.05) is 0 Å². The van der Waals surface area contributed by atoms with Crippen molar-refractivity contribution in [1.29, 1.82) is 0 Å². The number of aryl methyl sites for hydroxylation is 1. The highest BCUT2D eigenvalue weighted by atomic mass is 35.5. The largest absolute Gasteiger partial charge is 0.327 e. The number of alkyl halides is 1. The Labute approximate surface area is 95.0 Å². The van der Waals surface area contributed by atoms with Crippen molar-refractivity contribution >= 4 is 40.0 Å². The van der Waals surface area contributed by atoms with Crippen LogP contribution in [0, 0.1) is 6.92 Å². The number of aromatic nitrogens is 2. The summed E-state index contributed by atoms with van der Waals surface area (Å²) in [6.07, 6.45) is 0. The minimum atomic E-state index is -0.757. The minimum absolute atomic E-state index is 0.333. The fraction of sp³-hybridized carbons (Fsp3) is 0.429. The number of carbonyl (C=O) groups is 2. The smallest absolute Gasteiger partial charge is 0.282 e. The topological polar surface area (TPSA) is 84.0 Å². The molecule has 0 aliphatic heterocycles. The Kier molecular flexibility index (Phi) is 3.98. The minimum Gasteiger partial charge on any atom is -0.282 e. The fourth-order valence-electron chi connectivity index (χ4n) is 0.687. The molecule has 0 fully saturated rings. The normalized spacial score (nSPS) is 11.9. The molecule has 1 rings (SSSR count). The molecule has 1 aromatic rings. The van der Waals surface area contributed by atoms with Gasteiger partial charge in [-0.3, -0.25) is 15.4 Å². The van der Waals surface area contributed by atoms with Crippen molar-refractivity contribution in [3.63, 3.8) is 0 Å². The Balaban J connectivity index is 2.46. The summed E-state index contributed by atoms with van der Waals surface area (Å²) in [6.45, 7) is 3.23. The Hall–Kier alpha value is -1.21. The molecule has 1 heterocycles. The number of hydrogen-bond donors (Lipinski definition) is 2. The number of hydrogen-bond acceptors (Lipinski definition) is 5.